The highest BCUT2D eigenvalue weighted by Crippen LogP contribution is 2.39. The van der Waals surface area contributed by atoms with Crippen LogP contribution in [0.25, 0.3) is 10.2 Å². The van der Waals surface area contributed by atoms with Crippen LogP contribution in [-0.4, -0.2) is 34.6 Å². The van der Waals surface area contributed by atoms with Gasteiger partial charge in [0.15, 0.2) is 0 Å². The monoisotopic (exact) mass is 409 g/mol. The number of aryl methyl sites for hydroxylation is 2. The van der Waals surface area contributed by atoms with Crippen LogP contribution in [0.15, 0.2) is 30.7 Å². The van der Waals surface area contributed by atoms with E-state index in [-0.39, 0.29) is 0 Å². The van der Waals surface area contributed by atoms with Crippen molar-refractivity contribution in [2.24, 2.45) is 0 Å². The van der Waals surface area contributed by atoms with Gasteiger partial charge in [-0.1, -0.05) is 25.3 Å². The Bertz CT molecular complexity index is 902. The maximum atomic E-state index is 4.54. The van der Waals surface area contributed by atoms with Crippen molar-refractivity contribution in [3.63, 3.8) is 0 Å². The summed E-state index contributed by atoms with van der Waals surface area (Å²) in [5.41, 5.74) is 2.68. The number of rotatable bonds is 5. The molecular formula is C23H31N5S. The molecule has 0 saturated heterocycles. The van der Waals surface area contributed by atoms with Crippen LogP contribution in [0.2, 0.25) is 0 Å². The molecule has 0 atom stereocenters. The van der Waals surface area contributed by atoms with E-state index in [1.807, 2.05) is 42.8 Å². The number of hydrogen-bond donors (Lipinski definition) is 2. The molecule has 0 amide bonds. The fraction of sp³-hybridized carbons (Fsp3) is 0.522. The van der Waals surface area contributed by atoms with Crippen molar-refractivity contribution in [3.8, 4) is 0 Å². The summed E-state index contributed by atoms with van der Waals surface area (Å²) in [6.07, 6.45) is 15.0. The Labute approximate surface area is 177 Å². The van der Waals surface area contributed by atoms with E-state index in [2.05, 4.69) is 25.6 Å². The molecule has 1 saturated carbocycles. The number of nitrogens with one attached hydrogen (secondary N) is 2. The van der Waals surface area contributed by atoms with E-state index in [1.54, 1.807) is 11.2 Å². The van der Waals surface area contributed by atoms with Gasteiger partial charge in [-0.25, -0.2) is 9.97 Å². The van der Waals surface area contributed by atoms with E-state index in [1.165, 1.54) is 67.1 Å². The first kappa shape index (κ1) is 20.2. The molecule has 1 fully saturated rings. The maximum absolute atomic E-state index is 4.54. The van der Waals surface area contributed by atoms with Gasteiger partial charge in [-0.3, -0.25) is 4.98 Å². The normalized spacial score (nSPS) is 16.3. The molecule has 2 N–H and O–H groups in total. The number of likely N-dealkylation sites (N-methyl/N-ethyl adjacent to an activating group) is 1. The molecule has 29 heavy (non-hydrogen) atoms. The average molecular weight is 410 g/mol. The first-order chi connectivity index (χ1) is 14.3. The Hall–Kier alpha value is -2.05. The van der Waals surface area contributed by atoms with Crippen LogP contribution in [0, 0.1) is 0 Å². The zero-order valence-corrected chi connectivity index (χ0v) is 18.1. The molecule has 0 radical (unpaired) electrons. The van der Waals surface area contributed by atoms with Crippen molar-refractivity contribution >= 4 is 27.4 Å². The van der Waals surface area contributed by atoms with Gasteiger partial charge >= 0.3 is 0 Å². The Morgan fingerprint density at radius 1 is 1.03 bits per heavy atom. The summed E-state index contributed by atoms with van der Waals surface area (Å²) in [6, 6.07) is 6.60. The van der Waals surface area contributed by atoms with Crippen LogP contribution in [0.1, 0.15) is 54.7 Å². The SMILES string of the molecule is CNCCc1ccccn1.c1nc(NC2CCCCC2)c2c3c(sc2n1)CCC3. The summed E-state index contributed by atoms with van der Waals surface area (Å²) in [4.78, 5) is 15.9. The van der Waals surface area contributed by atoms with Crippen molar-refractivity contribution in [1.29, 1.82) is 0 Å². The standard InChI is InChI=1S/C15H19N3S.C8H12N2/c1-2-5-10(6-3-1)18-14-13-11-7-4-8-12(11)19-15(13)17-9-16-14;1-9-7-5-8-4-2-3-6-10-8/h9-10H,1-8H2,(H,16,17,18);2-4,6,9H,5,7H2,1H3. The summed E-state index contributed by atoms with van der Waals surface area (Å²) in [6.45, 7) is 0.997. The molecular weight excluding hydrogens is 378 g/mol. The number of hydrogen-bond acceptors (Lipinski definition) is 6. The number of pyridine rings is 1. The first-order valence-electron chi connectivity index (χ1n) is 10.9. The third-order valence-electron chi connectivity index (χ3n) is 5.80. The molecule has 6 heteroatoms. The zero-order valence-electron chi connectivity index (χ0n) is 17.3. The lowest BCUT2D eigenvalue weighted by atomic mass is 9.95. The number of fused-ring (bicyclic) bond motifs is 3. The maximum Gasteiger partial charge on any atom is 0.138 e. The van der Waals surface area contributed by atoms with E-state index >= 15 is 0 Å². The van der Waals surface area contributed by atoms with E-state index in [0.717, 1.165) is 24.5 Å². The molecule has 0 aliphatic heterocycles. The Kier molecular flexibility index (Phi) is 7.06. The minimum Gasteiger partial charge on any atom is -0.367 e. The second-order valence-corrected chi connectivity index (χ2v) is 9.00. The summed E-state index contributed by atoms with van der Waals surface area (Å²) >= 11 is 1.87. The molecule has 5 rings (SSSR count). The third-order valence-corrected chi connectivity index (χ3v) is 7.00. The van der Waals surface area contributed by atoms with Crippen LogP contribution < -0.4 is 10.6 Å². The first-order valence-corrected chi connectivity index (χ1v) is 11.7. The van der Waals surface area contributed by atoms with E-state index in [9.17, 15) is 0 Å². The largest absolute Gasteiger partial charge is 0.367 e. The highest BCUT2D eigenvalue weighted by Gasteiger charge is 2.22. The van der Waals surface area contributed by atoms with E-state index in [0.29, 0.717) is 6.04 Å². The Morgan fingerprint density at radius 3 is 2.72 bits per heavy atom. The minimum absolute atomic E-state index is 0.615. The van der Waals surface area contributed by atoms with E-state index in [4.69, 9.17) is 0 Å². The highest BCUT2D eigenvalue weighted by molar-refractivity contribution is 7.19. The van der Waals surface area contributed by atoms with Gasteiger partial charge in [0, 0.05) is 35.8 Å². The molecule has 5 nitrogen and oxygen atoms in total. The summed E-state index contributed by atoms with van der Waals surface area (Å²) in [5.74, 6) is 1.09. The van der Waals surface area contributed by atoms with Gasteiger partial charge in [0.1, 0.15) is 17.0 Å². The minimum atomic E-state index is 0.615. The van der Waals surface area contributed by atoms with Gasteiger partial charge in [0.05, 0.1) is 5.39 Å². The lowest BCUT2D eigenvalue weighted by Crippen LogP contribution is -2.23. The molecule has 3 aromatic rings. The predicted octanol–water partition coefficient (Wildman–Crippen LogP) is 4.77. The Morgan fingerprint density at radius 2 is 1.93 bits per heavy atom. The quantitative estimate of drug-likeness (QED) is 0.636. The average Bonchev–Trinajstić information content (AvgIpc) is 3.36. The van der Waals surface area contributed by atoms with E-state index < -0.39 is 0 Å². The van der Waals surface area contributed by atoms with Crippen molar-refractivity contribution in [2.75, 3.05) is 18.9 Å². The van der Waals surface area contributed by atoms with Gasteiger partial charge in [-0.15, -0.1) is 11.3 Å². The van der Waals surface area contributed by atoms with Crippen LogP contribution in [0.5, 0.6) is 0 Å². The molecule has 3 aromatic heterocycles. The van der Waals surface area contributed by atoms with Crippen molar-refractivity contribution in [3.05, 3.63) is 46.9 Å². The molecule has 3 heterocycles. The number of nitrogens with zero attached hydrogens (tertiary/aromatic N) is 3. The molecule has 2 aliphatic carbocycles. The summed E-state index contributed by atoms with van der Waals surface area (Å²) in [7, 11) is 1.95. The smallest absolute Gasteiger partial charge is 0.138 e. The highest BCUT2D eigenvalue weighted by atomic mass is 32.1. The molecule has 0 aromatic carbocycles. The third kappa shape index (κ3) is 5.11. The van der Waals surface area contributed by atoms with Crippen LogP contribution >= 0.6 is 11.3 Å². The van der Waals surface area contributed by atoms with Crippen LogP contribution in [0.4, 0.5) is 5.82 Å². The predicted molar refractivity (Wildman–Crippen MR) is 122 cm³/mol. The number of thiophene rings is 1. The topological polar surface area (TPSA) is 62.7 Å². The Balaban J connectivity index is 0.000000174. The molecule has 0 unspecified atom stereocenters. The lowest BCUT2D eigenvalue weighted by molar-refractivity contribution is 0.462. The molecule has 0 spiro atoms. The van der Waals surface area contributed by atoms with Crippen LogP contribution in [0.3, 0.4) is 0 Å². The van der Waals surface area contributed by atoms with Gasteiger partial charge < -0.3 is 10.6 Å². The van der Waals surface area contributed by atoms with Crippen LogP contribution in [-0.2, 0) is 19.3 Å². The van der Waals surface area contributed by atoms with Crippen molar-refractivity contribution in [1.82, 2.24) is 20.3 Å². The zero-order chi connectivity index (χ0) is 19.9. The van der Waals surface area contributed by atoms with Gasteiger partial charge in [-0.05, 0) is 56.8 Å². The second-order valence-electron chi connectivity index (χ2n) is 7.91. The van der Waals surface area contributed by atoms with Crippen molar-refractivity contribution < 1.29 is 0 Å². The summed E-state index contributed by atoms with van der Waals surface area (Å²) < 4.78 is 0. The number of aromatic nitrogens is 3. The lowest BCUT2D eigenvalue weighted by Gasteiger charge is -2.23. The molecule has 0 bridgehead atoms. The van der Waals surface area contributed by atoms with Gasteiger partial charge in [0.2, 0.25) is 0 Å². The fourth-order valence-electron chi connectivity index (χ4n) is 4.28. The fourth-order valence-corrected chi connectivity index (χ4v) is 5.51. The molecule has 154 valence electrons. The second kappa shape index (κ2) is 10.1. The summed E-state index contributed by atoms with van der Waals surface area (Å²) in [5, 5.41) is 8.10. The van der Waals surface area contributed by atoms with Gasteiger partial charge in [-0.2, -0.15) is 0 Å². The van der Waals surface area contributed by atoms with Gasteiger partial charge in [0.25, 0.3) is 0 Å². The molecule has 2 aliphatic rings. The van der Waals surface area contributed by atoms with Crippen molar-refractivity contribution in [2.45, 2.75) is 63.8 Å². The number of anilines is 1.